The smallest absolute Gasteiger partial charge is 0.311 e. The number of amides is 3. The van der Waals surface area contributed by atoms with Crippen molar-refractivity contribution >= 4 is 51.0 Å². The Morgan fingerprint density at radius 3 is 2.56 bits per heavy atom. The van der Waals surface area contributed by atoms with E-state index in [-0.39, 0.29) is 18.7 Å². The van der Waals surface area contributed by atoms with Gasteiger partial charge >= 0.3 is 5.97 Å². The van der Waals surface area contributed by atoms with E-state index in [9.17, 15) is 29.3 Å². The maximum absolute atomic E-state index is 12.3. The van der Waals surface area contributed by atoms with Crippen LogP contribution >= 0.6 is 15.9 Å². The molecule has 1 aliphatic heterocycles. The van der Waals surface area contributed by atoms with Gasteiger partial charge in [0.05, 0.1) is 16.5 Å². The molecule has 11 nitrogen and oxygen atoms in total. The molecule has 1 saturated heterocycles. The second kappa shape index (κ2) is 10.0. The summed E-state index contributed by atoms with van der Waals surface area (Å²) in [6, 6.07) is 11.9. The van der Waals surface area contributed by atoms with Gasteiger partial charge in [-0.25, -0.2) is 0 Å². The van der Waals surface area contributed by atoms with Crippen LogP contribution in [0.15, 0.2) is 53.0 Å². The molecule has 0 aromatic heterocycles. The fourth-order valence-corrected chi connectivity index (χ4v) is 3.24. The number of nitro groups is 1. The minimum atomic E-state index is -0.827. The molecule has 2 aromatic rings. The lowest BCUT2D eigenvalue weighted by Gasteiger charge is -2.16. The maximum Gasteiger partial charge on any atom is 0.311 e. The van der Waals surface area contributed by atoms with Crippen LogP contribution in [0.5, 0.6) is 0 Å². The van der Waals surface area contributed by atoms with E-state index < -0.39 is 41.1 Å². The zero-order chi connectivity index (χ0) is 23.3. The number of anilines is 1. The van der Waals surface area contributed by atoms with Crippen molar-refractivity contribution in [2.75, 3.05) is 18.1 Å². The third-order valence-corrected chi connectivity index (χ3v) is 5.11. The number of carbonyl (C=O) groups is 4. The van der Waals surface area contributed by atoms with Crippen LogP contribution in [0.1, 0.15) is 16.8 Å². The number of nitro benzene ring substituents is 1. The van der Waals surface area contributed by atoms with Gasteiger partial charge in [0, 0.05) is 35.1 Å². The van der Waals surface area contributed by atoms with Crippen molar-refractivity contribution in [1.29, 1.82) is 0 Å². The van der Waals surface area contributed by atoms with E-state index in [4.69, 9.17) is 4.74 Å². The highest BCUT2D eigenvalue weighted by Crippen LogP contribution is 2.28. The average molecular weight is 505 g/mol. The predicted molar refractivity (Wildman–Crippen MR) is 114 cm³/mol. The zero-order valence-electron chi connectivity index (χ0n) is 16.4. The summed E-state index contributed by atoms with van der Waals surface area (Å²) < 4.78 is 5.73. The summed E-state index contributed by atoms with van der Waals surface area (Å²) in [5, 5.41) is 10.9. The van der Waals surface area contributed by atoms with Crippen molar-refractivity contribution < 1.29 is 28.8 Å². The molecule has 12 heteroatoms. The molecule has 2 N–H and O–H groups in total. The highest BCUT2D eigenvalue weighted by atomic mass is 79.9. The molecule has 1 aliphatic rings. The first-order valence-corrected chi connectivity index (χ1v) is 10.1. The molecule has 0 unspecified atom stereocenters. The Bertz CT molecular complexity index is 1070. The van der Waals surface area contributed by atoms with E-state index in [1.807, 2.05) is 0 Å². The normalized spacial score (nSPS) is 15.2. The van der Waals surface area contributed by atoms with Crippen LogP contribution < -0.4 is 15.8 Å². The third-order valence-electron chi connectivity index (χ3n) is 4.58. The van der Waals surface area contributed by atoms with Gasteiger partial charge in [-0.1, -0.05) is 22.0 Å². The number of non-ortho nitro benzene ring substituents is 1. The van der Waals surface area contributed by atoms with E-state index in [1.165, 1.54) is 29.2 Å². The molecule has 32 heavy (non-hydrogen) atoms. The first-order chi connectivity index (χ1) is 15.2. The molecule has 0 saturated carbocycles. The summed E-state index contributed by atoms with van der Waals surface area (Å²) in [4.78, 5) is 59.9. The largest absolute Gasteiger partial charge is 0.455 e. The van der Waals surface area contributed by atoms with Gasteiger partial charge in [0.25, 0.3) is 17.5 Å². The summed E-state index contributed by atoms with van der Waals surface area (Å²) in [5.74, 6) is -3.29. The molecule has 1 fully saturated rings. The van der Waals surface area contributed by atoms with Crippen LogP contribution in [0, 0.1) is 16.0 Å². The van der Waals surface area contributed by atoms with Crippen molar-refractivity contribution in [2.24, 2.45) is 5.92 Å². The Hall–Kier alpha value is -3.80. The third kappa shape index (κ3) is 5.66. The summed E-state index contributed by atoms with van der Waals surface area (Å²) >= 11 is 3.25. The van der Waals surface area contributed by atoms with Crippen molar-refractivity contribution in [3.63, 3.8) is 0 Å². The Morgan fingerprint density at radius 1 is 1.16 bits per heavy atom. The standard InChI is InChI=1S/C20H17BrN4O7/c21-14-6-4-12(5-7-14)19(28)23-22-17(26)11-32-20(29)13-8-18(27)24(10-13)15-2-1-3-16(9-15)25(30)31/h1-7,9,13H,8,10-11H2,(H,22,26)(H,23,28)/t13-/m1/s1. The fourth-order valence-electron chi connectivity index (χ4n) is 2.98. The first kappa shape index (κ1) is 22.9. The van der Waals surface area contributed by atoms with Crippen LogP contribution in [-0.4, -0.2) is 41.8 Å². The van der Waals surface area contributed by atoms with Crippen molar-refractivity contribution in [3.05, 3.63) is 68.7 Å². The predicted octanol–water partition coefficient (Wildman–Crippen LogP) is 1.71. The Morgan fingerprint density at radius 2 is 1.88 bits per heavy atom. The molecule has 2 aromatic carbocycles. The summed E-state index contributed by atoms with van der Waals surface area (Å²) in [5.41, 5.74) is 4.77. The Kier molecular flexibility index (Phi) is 7.15. The summed E-state index contributed by atoms with van der Waals surface area (Å²) in [6.45, 7) is -0.679. The van der Waals surface area contributed by atoms with Gasteiger partial charge in [0.2, 0.25) is 5.91 Å². The first-order valence-electron chi connectivity index (χ1n) is 9.31. The SMILES string of the molecule is O=C(COC(=O)[C@@H]1CC(=O)N(c2cccc([N+](=O)[O-])c2)C1)NNC(=O)c1ccc(Br)cc1. The van der Waals surface area contributed by atoms with Gasteiger partial charge < -0.3 is 9.64 Å². The van der Waals surface area contributed by atoms with Gasteiger partial charge in [0.1, 0.15) is 0 Å². The summed E-state index contributed by atoms with van der Waals surface area (Å²) in [7, 11) is 0. The minimum absolute atomic E-state index is 0.0270. The van der Waals surface area contributed by atoms with E-state index >= 15 is 0 Å². The molecule has 0 aliphatic carbocycles. The zero-order valence-corrected chi connectivity index (χ0v) is 18.0. The number of carbonyl (C=O) groups excluding carboxylic acids is 4. The van der Waals surface area contributed by atoms with Gasteiger partial charge in [-0.05, 0) is 30.3 Å². The molecule has 0 bridgehead atoms. The fraction of sp³-hybridized carbons (Fsp3) is 0.200. The molecular formula is C20H17BrN4O7. The van der Waals surface area contributed by atoms with Crippen molar-refractivity contribution in [1.82, 2.24) is 10.9 Å². The number of rotatable bonds is 6. The molecule has 1 atom stereocenters. The number of halogens is 1. The second-order valence-electron chi connectivity index (χ2n) is 6.80. The lowest BCUT2D eigenvalue weighted by atomic mass is 10.1. The monoisotopic (exact) mass is 504 g/mol. The van der Waals surface area contributed by atoms with Crippen molar-refractivity contribution in [3.8, 4) is 0 Å². The molecule has 3 amide bonds. The topological polar surface area (TPSA) is 148 Å². The lowest BCUT2D eigenvalue weighted by molar-refractivity contribution is -0.384. The highest BCUT2D eigenvalue weighted by molar-refractivity contribution is 9.10. The minimum Gasteiger partial charge on any atom is -0.455 e. The van der Waals surface area contributed by atoms with Crippen molar-refractivity contribution in [2.45, 2.75) is 6.42 Å². The number of nitrogens with one attached hydrogen (secondary N) is 2. The quantitative estimate of drug-likeness (QED) is 0.345. The number of nitrogens with zero attached hydrogens (tertiary/aromatic N) is 2. The van der Waals surface area contributed by atoms with Crippen LogP contribution in [0.25, 0.3) is 0 Å². The highest BCUT2D eigenvalue weighted by Gasteiger charge is 2.36. The van der Waals surface area contributed by atoms with Crippen LogP contribution in [-0.2, 0) is 19.1 Å². The number of hydrogen-bond donors (Lipinski definition) is 2. The molecule has 1 heterocycles. The van der Waals surface area contributed by atoms with E-state index in [1.54, 1.807) is 24.3 Å². The molecular weight excluding hydrogens is 488 g/mol. The van der Waals surface area contributed by atoms with Crippen LogP contribution in [0.3, 0.4) is 0 Å². The summed E-state index contributed by atoms with van der Waals surface area (Å²) in [6.07, 6.45) is -0.149. The second-order valence-corrected chi connectivity index (χ2v) is 7.71. The van der Waals surface area contributed by atoms with Gasteiger partial charge in [-0.3, -0.25) is 40.1 Å². The van der Waals surface area contributed by atoms with Gasteiger partial charge in [0.15, 0.2) is 6.61 Å². The van der Waals surface area contributed by atoms with E-state index in [0.717, 1.165) is 4.47 Å². The Balaban J connectivity index is 1.47. The molecule has 0 radical (unpaired) electrons. The number of esters is 1. The van der Waals surface area contributed by atoms with Crippen LogP contribution in [0.2, 0.25) is 0 Å². The average Bonchev–Trinajstić information content (AvgIpc) is 3.18. The maximum atomic E-state index is 12.3. The molecule has 0 spiro atoms. The number of ether oxygens (including phenoxy) is 1. The van der Waals surface area contributed by atoms with Crippen LogP contribution in [0.4, 0.5) is 11.4 Å². The van der Waals surface area contributed by atoms with E-state index in [2.05, 4.69) is 26.8 Å². The number of hydrazine groups is 1. The lowest BCUT2D eigenvalue weighted by Crippen LogP contribution is -2.43. The van der Waals surface area contributed by atoms with Gasteiger partial charge in [-0.15, -0.1) is 0 Å². The van der Waals surface area contributed by atoms with Gasteiger partial charge in [-0.2, -0.15) is 0 Å². The van der Waals surface area contributed by atoms with E-state index in [0.29, 0.717) is 11.3 Å². The molecule has 3 rings (SSSR count). The Labute approximate surface area is 190 Å². The number of hydrogen-bond acceptors (Lipinski definition) is 7. The number of benzene rings is 2. The molecule has 166 valence electrons.